The van der Waals surface area contributed by atoms with Gasteiger partial charge in [-0.1, -0.05) is 12.0 Å². The minimum Gasteiger partial charge on any atom is -0.454 e. The van der Waals surface area contributed by atoms with E-state index in [-0.39, 0.29) is 0 Å². The third kappa shape index (κ3) is 2.80. The van der Waals surface area contributed by atoms with Crippen LogP contribution in [0, 0.1) is 16.1 Å². The van der Waals surface area contributed by atoms with E-state index in [1.54, 1.807) is 0 Å². The number of hydrogen-bond donors (Lipinski definition) is 1. The van der Waals surface area contributed by atoms with Gasteiger partial charge in [0.05, 0.1) is 6.54 Å². The van der Waals surface area contributed by atoms with Crippen LogP contribution in [-0.4, -0.2) is 0 Å². The van der Waals surface area contributed by atoms with Gasteiger partial charge in [0.2, 0.25) is 0 Å². The molecule has 0 aliphatic heterocycles. The van der Waals surface area contributed by atoms with Crippen molar-refractivity contribution in [3.8, 4) is 12.3 Å². The molecule has 0 unspecified atom stereocenters. The molecule has 2 nitrogen and oxygen atoms in total. The lowest BCUT2D eigenvalue weighted by atomic mass is 10.2. The first-order valence-corrected chi connectivity index (χ1v) is 5.90. The second kappa shape index (κ2) is 5.08. The summed E-state index contributed by atoms with van der Waals surface area (Å²) in [6.07, 6.45) is 5.33. The summed E-state index contributed by atoms with van der Waals surface area (Å²) in [5.41, 5.74) is 1.88. The van der Waals surface area contributed by atoms with Gasteiger partial charge < -0.3 is 9.73 Å². The van der Waals surface area contributed by atoms with Crippen LogP contribution in [0.3, 0.4) is 0 Å². The fourth-order valence-corrected chi connectivity index (χ4v) is 1.82. The van der Waals surface area contributed by atoms with E-state index in [4.69, 9.17) is 10.8 Å². The van der Waals surface area contributed by atoms with Crippen molar-refractivity contribution in [1.82, 2.24) is 0 Å². The summed E-state index contributed by atoms with van der Waals surface area (Å²) in [5, 5.41) is 3.26. The third-order valence-corrected chi connectivity index (χ3v) is 2.70. The molecule has 0 fully saturated rings. The molecule has 0 spiro atoms. The molecule has 0 saturated carbocycles. The highest BCUT2D eigenvalue weighted by molar-refractivity contribution is 14.1. The van der Waals surface area contributed by atoms with Crippen LogP contribution in [0.5, 0.6) is 0 Å². The lowest BCUT2D eigenvalue weighted by molar-refractivity contribution is 0.493. The van der Waals surface area contributed by atoms with E-state index in [9.17, 15) is 0 Å². The number of benzene rings is 1. The zero-order valence-corrected chi connectivity index (χ0v) is 10.7. The Morgan fingerprint density at radius 3 is 2.88 bits per heavy atom. The van der Waals surface area contributed by atoms with Crippen molar-refractivity contribution in [3.05, 3.63) is 51.5 Å². The Morgan fingerprint density at radius 1 is 1.31 bits per heavy atom. The van der Waals surface area contributed by atoms with Gasteiger partial charge in [-0.25, -0.2) is 0 Å². The predicted octanol–water partition coefficient (Wildman–Crippen LogP) is 3.48. The standard InChI is InChI=1S/C13H10INO/c1-2-10-4-3-5-11(8-10)15-9-12-6-7-13(14)16-12/h1,3-8,15H,9H2. The minimum atomic E-state index is 0.664. The molecule has 2 rings (SSSR count). The van der Waals surface area contributed by atoms with Gasteiger partial charge in [0.15, 0.2) is 3.77 Å². The minimum absolute atomic E-state index is 0.664. The third-order valence-electron chi connectivity index (χ3n) is 2.12. The van der Waals surface area contributed by atoms with Gasteiger partial charge in [0.25, 0.3) is 0 Å². The Bertz CT molecular complexity index is 525. The van der Waals surface area contributed by atoms with E-state index in [1.807, 2.05) is 36.4 Å². The topological polar surface area (TPSA) is 25.2 Å². The van der Waals surface area contributed by atoms with Gasteiger partial charge in [0.1, 0.15) is 5.76 Å². The maximum Gasteiger partial charge on any atom is 0.164 e. The highest BCUT2D eigenvalue weighted by Gasteiger charge is 1.99. The molecule has 0 atom stereocenters. The Labute approximate surface area is 108 Å². The summed E-state index contributed by atoms with van der Waals surface area (Å²) < 4.78 is 6.34. The molecule has 0 aliphatic rings. The zero-order valence-electron chi connectivity index (χ0n) is 8.53. The van der Waals surface area contributed by atoms with Crippen molar-refractivity contribution in [2.75, 3.05) is 5.32 Å². The van der Waals surface area contributed by atoms with Crippen LogP contribution in [0.4, 0.5) is 5.69 Å². The van der Waals surface area contributed by atoms with Gasteiger partial charge in [-0.15, -0.1) is 6.42 Å². The lowest BCUT2D eigenvalue weighted by Crippen LogP contribution is -1.97. The molecule has 0 radical (unpaired) electrons. The molecule has 1 N–H and O–H groups in total. The maximum absolute atomic E-state index is 5.45. The van der Waals surface area contributed by atoms with E-state index in [2.05, 4.69) is 33.8 Å². The SMILES string of the molecule is C#Cc1cccc(NCc2ccc(I)o2)c1. The maximum atomic E-state index is 5.45. The molecular formula is C13H10INO. The van der Waals surface area contributed by atoms with Crippen LogP contribution in [0.25, 0.3) is 0 Å². The Balaban J connectivity index is 2.02. The number of rotatable bonds is 3. The molecule has 1 aromatic heterocycles. The van der Waals surface area contributed by atoms with Crippen LogP contribution < -0.4 is 5.32 Å². The Hall–Kier alpha value is -1.41. The molecule has 0 saturated heterocycles. The second-order valence-corrected chi connectivity index (χ2v) is 4.35. The van der Waals surface area contributed by atoms with Gasteiger partial charge in [-0.3, -0.25) is 0 Å². The van der Waals surface area contributed by atoms with Gasteiger partial charge in [-0.05, 0) is 52.9 Å². The lowest BCUT2D eigenvalue weighted by Gasteiger charge is -2.04. The number of nitrogens with one attached hydrogen (secondary N) is 1. The van der Waals surface area contributed by atoms with Gasteiger partial charge >= 0.3 is 0 Å². The van der Waals surface area contributed by atoms with Crippen LogP contribution in [0.1, 0.15) is 11.3 Å². The van der Waals surface area contributed by atoms with E-state index >= 15 is 0 Å². The number of hydrogen-bond acceptors (Lipinski definition) is 2. The summed E-state index contributed by atoms with van der Waals surface area (Å²) in [5.74, 6) is 3.52. The van der Waals surface area contributed by atoms with Crippen molar-refractivity contribution >= 4 is 28.3 Å². The van der Waals surface area contributed by atoms with Crippen LogP contribution >= 0.6 is 22.6 Å². The normalized spacial score (nSPS) is 9.75. The average molecular weight is 323 g/mol. The Morgan fingerprint density at radius 2 is 2.19 bits per heavy atom. The average Bonchev–Trinajstić information content (AvgIpc) is 2.73. The molecule has 0 amide bonds. The highest BCUT2D eigenvalue weighted by atomic mass is 127. The summed E-state index contributed by atoms with van der Waals surface area (Å²) >= 11 is 2.15. The van der Waals surface area contributed by atoms with Gasteiger partial charge in [-0.2, -0.15) is 0 Å². The van der Waals surface area contributed by atoms with Crippen molar-refractivity contribution in [1.29, 1.82) is 0 Å². The van der Waals surface area contributed by atoms with E-state index < -0.39 is 0 Å². The first-order chi connectivity index (χ1) is 7.78. The second-order valence-electron chi connectivity index (χ2n) is 3.28. The first-order valence-electron chi connectivity index (χ1n) is 4.83. The molecule has 3 heteroatoms. The van der Waals surface area contributed by atoms with Crippen LogP contribution in [0.15, 0.2) is 40.8 Å². The number of terminal acetylenes is 1. The van der Waals surface area contributed by atoms with Crippen molar-refractivity contribution < 1.29 is 4.42 Å². The van der Waals surface area contributed by atoms with Crippen LogP contribution in [0.2, 0.25) is 0 Å². The summed E-state index contributed by atoms with van der Waals surface area (Å²) in [6.45, 7) is 0.664. The van der Waals surface area contributed by atoms with E-state index in [1.165, 1.54) is 0 Å². The number of furan rings is 1. The molecule has 1 heterocycles. The quantitative estimate of drug-likeness (QED) is 0.691. The summed E-state index contributed by atoms with van der Waals surface area (Å²) in [7, 11) is 0. The fourth-order valence-electron chi connectivity index (χ4n) is 1.35. The first kappa shape index (κ1) is 11.1. The predicted molar refractivity (Wildman–Crippen MR) is 73.1 cm³/mol. The van der Waals surface area contributed by atoms with Crippen LogP contribution in [-0.2, 0) is 6.54 Å². The number of halogens is 1. The molecular weight excluding hydrogens is 313 g/mol. The number of anilines is 1. The zero-order chi connectivity index (χ0) is 11.4. The Kier molecular flexibility index (Phi) is 3.52. The molecule has 0 aliphatic carbocycles. The summed E-state index contributed by atoms with van der Waals surface area (Å²) in [4.78, 5) is 0. The fraction of sp³-hybridized carbons (Fsp3) is 0.0769. The highest BCUT2D eigenvalue weighted by Crippen LogP contribution is 2.14. The molecule has 2 aromatic rings. The molecule has 0 bridgehead atoms. The largest absolute Gasteiger partial charge is 0.454 e. The van der Waals surface area contributed by atoms with Crippen molar-refractivity contribution in [3.63, 3.8) is 0 Å². The van der Waals surface area contributed by atoms with Gasteiger partial charge in [0, 0.05) is 11.3 Å². The monoisotopic (exact) mass is 323 g/mol. The van der Waals surface area contributed by atoms with Crippen molar-refractivity contribution in [2.45, 2.75) is 6.54 Å². The molecule has 80 valence electrons. The molecule has 16 heavy (non-hydrogen) atoms. The molecule has 1 aromatic carbocycles. The van der Waals surface area contributed by atoms with Crippen molar-refractivity contribution in [2.24, 2.45) is 0 Å². The smallest absolute Gasteiger partial charge is 0.164 e. The van der Waals surface area contributed by atoms with E-state index in [0.29, 0.717) is 6.54 Å². The summed E-state index contributed by atoms with van der Waals surface area (Å²) in [6, 6.07) is 11.7. The van der Waals surface area contributed by atoms with E-state index in [0.717, 1.165) is 20.8 Å².